The van der Waals surface area contributed by atoms with Crippen molar-refractivity contribution in [2.75, 3.05) is 11.9 Å². The van der Waals surface area contributed by atoms with Gasteiger partial charge in [0.2, 0.25) is 5.91 Å². The minimum absolute atomic E-state index is 0.0268. The van der Waals surface area contributed by atoms with Crippen molar-refractivity contribution in [1.82, 2.24) is 5.32 Å². The molecule has 0 bridgehead atoms. The van der Waals surface area contributed by atoms with Crippen LogP contribution in [-0.2, 0) is 10.2 Å². The summed E-state index contributed by atoms with van der Waals surface area (Å²) in [4.78, 5) is 12.0. The van der Waals surface area contributed by atoms with Crippen LogP contribution in [0.4, 0.5) is 14.5 Å². The Balaban J connectivity index is 1.90. The first-order valence-corrected chi connectivity index (χ1v) is 8.25. The minimum Gasteiger partial charge on any atom is -0.325 e. The Morgan fingerprint density at radius 2 is 1.72 bits per heavy atom. The van der Waals surface area contributed by atoms with E-state index in [-0.39, 0.29) is 17.9 Å². The molecule has 0 aliphatic rings. The molecule has 2 N–H and O–H groups in total. The average Bonchev–Trinajstić information content (AvgIpc) is 2.52. The predicted molar refractivity (Wildman–Crippen MR) is 96.5 cm³/mol. The molecule has 2 aromatic carbocycles. The first-order chi connectivity index (χ1) is 11.7. The first kappa shape index (κ1) is 19.1. The second-order valence-electron chi connectivity index (χ2n) is 7.14. The summed E-state index contributed by atoms with van der Waals surface area (Å²) in [5.41, 5.74) is 2.27. The zero-order chi connectivity index (χ0) is 18.6. The molecule has 5 heteroatoms. The van der Waals surface area contributed by atoms with Crippen LogP contribution in [0, 0.1) is 11.6 Å². The largest absolute Gasteiger partial charge is 0.325 e. The summed E-state index contributed by atoms with van der Waals surface area (Å²) >= 11 is 0. The molecule has 0 fully saturated rings. The summed E-state index contributed by atoms with van der Waals surface area (Å²) in [6, 6.07) is 10.7. The number of nitrogens with one attached hydrogen (secondary N) is 2. The van der Waals surface area contributed by atoms with Crippen molar-refractivity contribution >= 4 is 11.6 Å². The number of hydrogen-bond donors (Lipinski definition) is 2. The van der Waals surface area contributed by atoms with E-state index >= 15 is 0 Å². The average molecular weight is 346 g/mol. The second kappa shape index (κ2) is 7.74. The number of carbonyl (C=O) groups excluding carboxylic acids is 1. The summed E-state index contributed by atoms with van der Waals surface area (Å²) in [7, 11) is 0. The molecule has 0 radical (unpaired) electrons. The Labute approximate surface area is 147 Å². The highest BCUT2D eigenvalue weighted by atomic mass is 19.1. The van der Waals surface area contributed by atoms with Gasteiger partial charge in [-0.2, -0.15) is 0 Å². The number of hydrogen-bond acceptors (Lipinski definition) is 2. The summed E-state index contributed by atoms with van der Waals surface area (Å²) in [6.07, 6.45) is 0. The Hall–Kier alpha value is -2.27. The van der Waals surface area contributed by atoms with Gasteiger partial charge in [-0.3, -0.25) is 4.79 Å². The molecule has 0 saturated carbocycles. The maximum atomic E-state index is 13.7. The lowest BCUT2D eigenvalue weighted by atomic mass is 9.87. The lowest BCUT2D eigenvalue weighted by Crippen LogP contribution is -2.30. The van der Waals surface area contributed by atoms with Gasteiger partial charge < -0.3 is 10.6 Å². The van der Waals surface area contributed by atoms with Crippen molar-refractivity contribution in [3.8, 4) is 0 Å². The van der Waals surface area contributed by atoms with Gasteiger partial charge in [0, 0.05) is 23.4 Å². The van der Waals surface area contributed by atoms with E-state index in [2.05, 4.69) is 31.4 Å². The number of benzene rings is 2. The first-order valence-electron chi connectivity index (χ1n) is 8.25. The lowest BCUT2D eigenvalue weighted by molar-refractivity contribution is -0.115. The quantitative estimate of drug-likeness (QED) is 0.834. The van der Waals surface area contributed by atoms with E-state index in [1.807, 2.05) is 24.3 Å². The molecule has 0 aliphatic heterocycles. The van der Waals surface area contributed by atoms with Crippen LogP contribution in [0.1, 0.15) is 44.9 Å². The number of carbonyl (C=O) groups is 1. The lowest BCUT2D eigenvalue weighted by Gasteiger charge is -2.19. The molecule has 0 saturated heterocycles. The van der Waals surface area contributed by atoms with Gasteiger partial charge in [0.05, 0.1) is 6.54 Å². The third-order valence-corrected chi connectivity index (χ3v) is 4.03. The molecule has 1 atom stereocenters. The molecular weight excluding hydrogens is 322 g/mol. The van der Waals surface area contributed by atoms with Gasteiger partial charge in [0.25, 0.3) is 0 Å². The van der Waals surface area contributed by atoms with Gasteiger partial charge in [-0.15, -0.1) is 0 Å². The highest BCUT2D eigenvalue weighted by molar-refractivity contribution is 5.92. The van der Waals surface area contributed by atoms with Gasteiger partial charge in [-0.1, -0.05) is 39.0 Å². The van der Waals surface area contributed by atoms with Crippen LogP contribution in [0.5, 0.6) is 0 Å². The van der Waals surface area contributed by atoms with Gasteiger partial charge in [-0.25, -0.2) is 8.78 Å². The zero-order valence-corrected chi connectivity index (χ0v) is 15.0. The van der Waals surface area contributed by atoms with E-state index < -0.39 is 17.7 Å². The summed E-state index contributed by atoms with van der Waals surface area (Å²) < 4.78 is 26.7. The Morgan fingerprint density at radius 3 is 2.28 bits per heavy atom. The van der Waals surface area contributed by atoms with Crippen LogP contribution < -0.4 is 10.6 Å². The summed E-state index contributed by atoms with van der Waals surface area (Å²) in [6.45, 7) is 8.13. The second-order valence-corrected chi connectivity index (χ2v) is 7.14. The predicted octanol–water partition coefficient (Wildman–Crippen LogP) is 4.55. The highest BCUT2D eigenvalue weighted by Crippen LogP contribution is 2.23. The Bertz CT molecular complexity index is 736. The third-order valence-electron chi connectivity index (χ3n) is 4.03. The molecule has 134 valence electrons. The fourth-order valence-corrected chi connectivity index (χ4v) is 2.47. The SMILES string of the molecule is C[C@H](NCC(=O)Nc1ccc(C(C)(C)C)cc1)c1ccc(F)cc1F. The van der Waals surface area contributed by atoms with Crippen LogP contribution in [0.15, 0.2) is 42.5 Å². The zero-order valence-electron chi connectivity index (χ0n) is 15.0. The molecule has 0 aliphatic carbocycles. The van der Waals surface area contributed by atoms with Crippen LogP contribution >= 0.6 is 0 Å². The number of amides is 1. The molecule has 2 rings (SSSR count). The minimum atomic E-state index is -0.627. The number of anilines is 1. The third kappa shape index (κ3) is 5.36. The van der Waals surface area contributed by atoms with Gasteiger partial charge in [0.15, 0.2) is 0 Å². The van der Waals surface area contributed by atoms with Gasteiger partial charge in [0.1, 0.15) is 11.6 Å². The molecule has 0 aromatic heterocycles. The van der Waals surface area contributed by atoms with Gasteiger partial charge in [-0.05, 0) is 36.1 Å². The molecule has 0 spiro atoms. The smallest absolute Gasteiger partial charge is 0.238 e. The fourth-order valence-electron chi connectivity index (χ4n) is 2.47. The monoisotopic (exact) mass is 346 g/mol. The van der Waals surface area contributed by atoms with Crippen molar-refractivity contribution in [2.45, 2.75) is 39.2 Å². The molecule has 3 nitrogen and oxygen atoms in total. The summed E-state index contributed by atoms with van der Waals surface area (Å²) in [5, 5.41) is 5.74. The Kier molecular flexibility index (Phi) is 5.90. The van der Waals surface area contributed by atoms with Crippen molar-refractivity contribution in [3.63, 3.8) is 0 Å². The van der Waals surface area contributed by atoms with Crippen molar-refractivity contribution in [1.29, 1.82) is 0 Å². The molecule has 1 amide bonds. The van der Waals surface area contributed by atoms with Crippen molar-refractivity contribution in [3.05, 3.63) is 65.2 Å². The topological polar surface area (TPSA) is 41.1 Å². The van der Waals surface area contributed by atoms with E-state index in [0.717, 1.165) is 6.07 Å². The maximum Gasteiger partial charge on any atom is 0.238 e. The standard InChI is InChI=1S/C20H24F2N2O/c1-13(17-10-7-15(21)11-18(17)22)23-12-19(25)24-16-8-5-14(6-9-16)20(2,3)4/h5-11,13,23H,12H2,1-4H3,(H,24,25)/t13-/m0/s1. The van der Waals surface area contributed by atoms with Crippen molar-refractivity contribution < 1.29 is 13.6 Å². The molecular formula is C20H24F2N2O. The van der Waals surface area contributed by atoms with Gasteiger partial charge >= 0.3 is 0 Å². The molecule has 0 heterocycles. The molecule has 0 unspecified atom stereocenters. The maximum absolute atomic E-state index is 13.7. The van der Waals surface area contributed by atoms with Crippen LogP contribution in [0.2, 0.25) is 0 Å². The van der Waals surface area contributed by atoms with Crippen LogP contribution in [-0.4, -0.2) is 12.5 Å². The van der Waals surface area contributed by atoms with E-state index in [9.17, 15) is 13.6 Å². The number of halogens is 2. The summed E-state index contributed by atoms with van der Waals surface area (Å²) in [5.74, 6) is -1.47. The van der Waals surface area contributed by atoms with Crippen molar-refractivity contribution in [2.24, 2.45) is 0 Å². The Morgan fingerprint density at radius 1 is 1.08 bits per heavy atom. The highest BCUT2D eigenvalue weighted by Gasteiger charge is 2.14. The van der Waals surface area contributed by atoms with E-state index in [1.54, 1.807) is 6.92 Å². The normalized spacial score (nSPS) is 12.7. The van der Waals surface area contributed by atoms with E-state index in [4.69, 9.17) is 0 Å². The number of rotatable bonds is 5. The van der Waals surface area contributed by atoms with Crippen LogP contribution in [0.3, 0.4) is 0 Å². The van der Waals surface area contributed by atoms with Crippen LogP contribution in [0.25, 0.3) is 0 Å². The molecule has 2 aromatic rings. The molecule has 25 heavy (non-hydrogen) atoms. The van der Waals surface area contributed by atoms with E-state index in [0.29, 0.717) is 11.3 Å². The van der Waals surface area contributed by atoms with E-state index in [1.165, 1.54) is 17.7 Å². The fraction of sp³-hybridized carbons (Fsp3) is 0.350.